The number of hydrogen-bond acceptors (Lipinski definition) is 5. The zero-order chi connectivity index (χ0) is 14.7. The average molecular weight is 285 g/mol. The van der Waals surface area contributed by atoms with E-state index in [9.17, 15) is 4.79 Å². The minimum absolute atomic E-state index is 0.185. The quantitative estimate of drug-likeness (QED) is 0.868. The van der Waals surface area contributed by atoms with Crippen LogP contribution in [0.25, 0.3) is 0 Å². The Morgan fingerprint density at radius 1 is 1.37 bits per heavy atom. The Hall–Kier alpha value is -1.53. The number of carbonyl (C=O) groups excluding carboxylic acids is 1. The molecule has 0 aliphatic rings. The topological polar surface area (TPSA) is 84.3 Å². The first kappa shape index (κ1) is 17.5. The van der Waals surface area contributed by atoms with Crippen LogP contribution in [0.5, 0.6) is 0 Å². The third-order valence-electron chi connectivity index (χ3n) is 2.31. The van der Waals surface area contributed by atoms with E-state index in [1.54, 1.807) is 7.11 Å². The second kappa shape index (κ2) is 10.4. The van der Waals surface area contributed by atoms with E-state index in [4.69, 9.17) is 17.9 Å². The number of ketones is 1. The number of benzene rings is 1. The highest BCUT2D eigenvalue weighted by atomic mass is 32.2. The van der Waals surface area contributed by atoms with Gasteiger partial charge in [0.25, 0.3) is 0 Å². The van der Waals surface area contributed by atoms with Gasteiger partial charge in [-0.15, -0.1) is 0 Å². The van der Waals surface area contributed by atoms with Gasteiger partial charge in [0.05, 0.1) is 0 Å². The number of rotatable bonds is 6. The fraction of sp³-hybridized carbons (Fsp3) is 0.462. The van der Waals surface area contributed by atoms with Crippen LogP contribution in [0, 0.1) is 11.7 Å². The van der Waals surface area contributed by atoms with Crippen LogP contribution >= 0.6 is 0 Å². The molecule has 0 heterocycles. The van der Waals surface area contributed by atoms with Gasteiger partial charge in [-0.3, -0.25) is 4.79 Å². The highest BCUT2D eigenvalue weighted by molar-refractivity contribution is 7.60. The number of methoxy groups -OCH3 is 1. The maximum Gasteiger partial charge on any atom is 0.308 e. The molecule has 1 aromatic rings. The van der Waals surface area contributed by atoms with E-state index in [0.717, 1.165) is 12.8 Å². The molecule has 0 atom stereocenters. The Balaban J connectivity index is 0.000000711. The molecule has 19 heavy (non-hydrogen) atoms. The van der Waals surface area contributed by atoms with Crippen LogP contribution in [-0.4, -0.2) is 27.9 Å². The summed E-state index contributed by atoms with van der Waals surface area (Å²) in [4.78, 5) is 11.2. The molecule has 0 aromatic heterocycles. The molecule has 5 nitrogen and oxygen atoms in total. The summed E-state index contributed by atoms with van der Waals surface area (Å²) in [6.07, 6.45) is 2.49. The van der Waals surface area contributed by atoms with E-state index in [1.165, 1.54) is 11.1 Å². The predicted molar refractivity (Wildman–Crippen MR) is 72.6 cm³/mol. The monoisotopic (exact) mass is 285 g/mol. The molecule has 106 valence electrons. The van der Waals surface area contributed by atoms with Crippen LogP contribution in [0.3, 0.4) is 0 Å². The van der Waals surface area contributed by atoms with Gasteiger partial charge in [-0.2, -0.15) is 13.2 Å². The number of nitrogens with one attached hydrogen (secondary N) is 1. The summed E-state index contributed by atoms with van der Waals surface area (Å²) in [5.74, 6) is 0.185. The van der Waals surface area contributed by atoms with Crippen LogP contribution < -0.4 is 0 Å². The second-order valence-electron chi connectivity index (χ2n) is 4.05. The Bertz CT molecular complexity index is 489. The first-order chi connectivity index (χ1) is 8.95. The molecule has 0 aliphatic carbocycles. The van der Waals surface area contributed by atoms with E-state index in [0.29, 0.717) is 6.42 Å². The smallest absolute Gasteiger partial charge is 0.308 e. The van der Waals surface area contributed by atoms with Crippen molar-refractivity contribution in [2.24, 2.45) is 0 Å². The van der Waals surface area contributed by atoms with Gasteiger partial charge in [0.15, 0.2) is 5.78 Å². The molecule has 0 spiro atoms. The minimum Gasteiger partial charge on any atom is -0.377 e. The van der Waals surface area contributed by atoms with Crippen LogP contribution in [0.15, 0.2) is 24.3 Å². The van der Waals surface area contributed by atoms with Crippen LogP contribution in [0.4, 0.5) is 0 Å². The molecule has 0 unspecified atom stereocenters. The third-order valence-corrected chi connectivity index (χ3v) is 2.31. The molecule has 0 aliphatic heterocycles. The average Bonchev–Trinajstić information content (AvgIpc) is 2.28. The highest BCUT2D eigenvalue weighted by Gasteiger charge is 2.01. The molecule has 0 bridgehead atoms. The lowest BCUT2D eigenvalue weighted by Gasteiger charge is -2.02. The summed E-state index contributed by atoms with van der Waals surface area (Å²) in [7, 11) is -1.06. The van der Waals surface area contributed by atoms with Crippen molar-refractivity contribution in [1.29, 1.82) is 4.78 Å². The molecular weight excluding hydrogens is 266 g/mol. The number of aryl methyl sites for hydroxylation is 2. The molecule has 1 aromatic carbocycles. The van der Waals surface area contributed by atoms with Crippen LogP contribution in [0.1, 0.15) is 24.0 Å². The molecular formula is C13H19NO4S. The van der Waals surface area contributed by atoms with Crippen molar-refractivity contribution in [3.63, 3.8) is 0 Å². The molecule has 0 saturated heterocycles. The van der Waals surface area contributed by atoms with Gasteiger partial charge in [-0.25, -0.2) is 0 Å². The summed E-state index contributed by atoms with van der Waals surface area (Å²) in [6.45, 7) is 2.33. The van der Waals surface area contributed by atoms with Crippen LogP contribution in [0.2, 0.25) is 0 Å². The SMILES string of the molecule is COCC(=O)CCCc1cccc(C)c1.N=S(=O)=O. The molecule has 0 fully saturated rings. The molecule has 1 N–H and O–H groups in total. The van der Waals surface area contributed by atoms with Gasteiger partial charge >= 0.3 is 10.5 Å². The van der Waals surface area contributed by atoms with Gasteiger partial charge in [0.2, 0.25) is 0 Å². The lowest BCUT2D eigenvalue weighted by molar-refractivity contribution is -0.122. The first-order valence-corrected chi connectivity index (χ1v) is 6.90. The van der Waals surface area contributed by atoms with Crippen molar-refractivity contribution in [2.75, 3.05) is 13.7 Å². The second-order valence-corrected chi connectivity index (χ2v) is 4.52. The van der Waals surface area contributed by atoms with Crippen molar-refractivity contribution >= 4 is 16.3 Å². The maximum absolute atomic E-state index is 11.2. The first-order valence-electron chi connectivity index (χ1n) is 5.82. The van der Waals surface area contributed by atoms with E-state index in [-0.39, 0.29) is 12.4 Å². The Morgan fingerprint density at radius 3 is 2.53 bits per heavy atom. The van der Waals surface area contributed by atoms with Crippen molar-refractivity contribution in [3.05, 3.63) is 35.4 Å². The molecule has 0 radical (unpaired) electrons. The van der Waals surface area contributed by atoms with E-state index < -0.39 is 10.5 Å². The van der Waals surface area contributed by atoms with Gasteiger partial charge in [-0.05, 0) is 25.3 Å². The summed E-state index contributed by atoms with van der Waals surface area (Å²) in [5.41, 5.74) is 2.58. The van der Waals surface area contributed by atoms with Gasteiger partial charge in [-0.1, -0.05) is 29.8 Å². The molecule has 0 amide bonds. The lowest BCUT2D eigenvalue weighted by atomic mass is 10.0. The fourth-order valence-electron chi connectivity index (χ4n) is 1.59. The number of ether oxygens (including phenoxy) is 1. The van der Waals surface area contributed by atoms with E-state index in [1.807, 2.05) is 0 Å². The van der Waals surface area contributed by atoms with Crippen LogP contribution in [-0.2, 0) is 26.5 Å². The molecule has 6 heteroatoms. The number of carbonyl (C=O) groups is 1. The van der Waals surface area contributed by atoms with Gasteiger partial charge < -0.3 is 4.74 Å². The number of hydrogen-bond donors (Lipinski definition) is 1. The maximum atomic E-state index is 11.2. The summed E-state index contributed by atoms with van der Waals surface area (Å²) in [6, 6.07) is 8.41. The highest BCUT2D eigenvalue weighted by Crippen LogP contribution is 2.08. The standard InChI is InChI=1S/C13H18O2.HNO2S/c1-11-5-3-6-12(9-11)7-4-8-13(14)10-15-2;1-4(2)3/h3,5-6,9H,4,7-8,10H2,1-2H3;1H. The predicted octanol–water partition coefficient (Wildman–Crippen LogP) is 2.16. The summed E-state index contributed by atoms with van der Waals surface area (Å²) in [5, 5.41) is 0. The van der Waals surface area contributed by atoms with Crippen molar-refractivity contribution in [1.82, 2.24) is 0 Å². The normalized spacial score (nSPS) is 9.37. The molecule has 0 saturated carbocycles. The zero-order valence-corrected chi connectivity index (χ0v) is 12.0. The minimum atomic E-state index is -2.61. The van der Waals surface area contributed by atoms with Crippen molar-refractivity contribution in [2.45, 2.75) is 26.2 Å². The van der Waals surface area contributed by atoms with Crippen molar-refractivity contribution < 1.29 is 17.9 Å². The van der Waals surface area contributed by atoms with E-state index in [2.05, 4.69) is 31.2 Å². The third kappa shape index (κ3) is 11.3. The largest absolute Gasteiger partial charge is 0.377 e. The summed E-state index contributed by atoms with van der Waals surface area (Å²) < 4.78 is 27.6. The van der Waals surface area contributed by atoms with Crippen molar-refractivity contribution in [3.8, 4) is 0 Å². The number of Topliss-reactive ketones (excluding diaryl/α,β-unsaturated/α-hetero) is 1. The molecule has 1 rings (SSSR count). The van der Waals surface area contributed by atoms with E-state index >= 15 is 0 Å². The fourth-order valence-corrected chi connectivity index (χ4v) is 1.59. The zero-order valence-electron chi connectivity index (χ0n) is 11.2. The van der Waals surface area contributed by atoms with Gasteiger partial charge in [0.1, 0.15) is 6.61 Å². The Kier molecular flexibility index (Phi) is 9.56. The summed E-state index contributed by atoms with van der Waals surface area (Å²) >= 11 is 0. The van der Waals surface area contributed by atoms with Gasteiger partial charge in [0, 0.05) is 13.5 Å². The lowest BCUT2D eigenvalue weighted by Crippen LogP contribution is -2.06. The Morgan fingerprint density at radius 2 is 2.00 bits per heavy atom. The Labute approximate surface area is 115 Å².